The van der Waals surface area contributed by atoms with E-state index in [0.717, 1.165) is 24.9 Å². The highest BCUT2D eigenvalue weighted by molar-refractivity contribution is 5.94. The Morgan fingerprint density at radius 1 is 1.48 bits per heavy atom. The Bertz CT molecular complexity index is 545. The van der Waals surface area contributed by atoms with Crippen molar-refractivity contribution in [1.82, 2.24) is 4.90 Å². The van der Waals surface area contributed by atoms with E-state index in [1.165, 1.54) is 12.5 Å². The molecule has 6 heteroatoms. The van der Waals surface area contributed by atoms with E-state index in [0.29, 0.717) is 6.04 Å². The summed E-state index contributed by atoms with van der Waals surface area (Å²) in [5.41, 5.74) is 1.000. The van der Waals surface area contributed by atoms with Crippen molar-refractivity contribution in [3.8, 4) is 0 Å². The summed E-state index contributed by atoms with van der Waals surface area (Å²) in [6.45, 7) is 5.09. The van der Waals surface area contributed by atoms with Gasteiger partial charge >= 0.3 is 0 Å². The van der Waals surface area contributed by atoms with Gasteiger partial charge in [-0.2, -0.15) is 0 Å². The van der Waals surface area contributed by atoms with E-state index in [9.17, 15) is 14.9 Å². The number of carbonyl (C=O) groups is 1. The Kier molecular flexibility index (Phi) is 4.90. The van der Waals surface area contributed by atoms with Crippen molar-refractivity contribution >= 4 is 17.3 Å². The maximum absolute atomic E-state index is 12.1. The third-order valence-corrected chi connectivity index (χ3v) is 3.91. The number of benzene rings is 1. The number of piperidine rings is 1. The highest BCUT2D eigenvalue weighted by Gasteiger charge is 2.22. The fourth-order valence-corrected chi connectivity index (χ4v) is 2.67. The van der Waals surface area contributed by atoms with Crippen LogP contribution in [0.4, 0.5) is 11.4 Å². The van der Waals surface area contributed by atoms with Crippen LogP contribution in [0.1, 0.15) is 31.7 Å². The summed E-state index contributed by atoms with van der Waals surface area (Å²) in [6.07, 6.45) is 3.39. The molecule has 1 fully saturated rings. The van der Waals surface area contributed by atoms with Crippen LogP contribution in [0.3, 0.4) is 0 Å². The average Bonchev–Trinajstić information content (AvgIpc) is 2.43. The lowest BCUT2D eigenvalue weighted by atomic mass is 10.0. The van der Waals surface area contributed by atoms with Gasteiger partial charge in [-0.3, -0.25) is 19.8 Å². The van der Waals surface area contributed by atoms with Gasteiger partial charge in [0, 0.05) is 12.1 Å². The second-order valence-electron chi connectivity index (χ2n) is 5.64. The number of nitrogens with one attached hydrogen (secondary N) is 1. The Balaban J connectivity index is 2.04. The van der Waals surface area contributed by atoms with Crippen LogP contribution in [-0.4, -0.2) is 34.9 Å². The smallest absolute Gasteiger partial charge is 0.293 e. The van der Waals surface area contributed by atoms with Crippen LogP contribution < -0.4 is 5.32 Å². The molecule has 1 unspecified atom stereocenters. The van der Waals surface area contributed by atoms with Gasteiger partial charge in [-0.15, -0.1) is 0 Å². The molecule has 6 nitrogen and oxygen atoms in total. The quantitative estimate of drug-likeness (QED) is 0.683. The van der Waals surface area contributed by atoms with Gasteiger partial charge in [0.15, 0.2) is 0 Å². The summed E-state index contributed by atoms with van der Waals surface area (Å²) in [7, 11) is 0. The van der Waals surface area contributed by atoms with Crippen LogP contribution in [0.5, 0.6) is 0 Å². The standard InChI is InChI=1S/C15H21N3O3/c1-11-6-7-13(14(9-11)18(20)21)16-15(19)10-17-8-4-3-5-12(17)2/h6-7,9,12H,3-5,8,10H2,1-2H3,(H,16,19). The summed E-state index contributed by atoms with van der Waals surface area (Å²) < 4.78 is 0. The molecule has 2 rings (SSSR count). The molecule has 0 spiro atoms. The molecule has 1 heterocycles. The molecule has 1 atom stereocenters. The molecular formula is C15H21N3O3. The third-order valence-electron chi connectivity index (χ3n) is 3.91. The number of aryl methyl sites for hydroxylation is 1. The zero-order valence-corrected chi connectivity index (χ0v) is 12.5. The first kappa shape index (κ1) is 15.4. The minimum atomic E-state index is -0.466. The van der Waals surface area contributed by atoms with Crippen LogP contribution >= 0.6 is 0 Å². The molecule has 0 radical (unpaired) electrons. The van der Waals surface area contributed by atoms with Crippen molar-refractivity contribution in [2.24, 2.45) is 0 Å². The predicted molar refractivity (Wildman–Crippen MR) is 81.3 cm³/mol. The fourth-order valence-electron chi connectivity index (χ4n) is 2.67. The van der Waals surface area contributed by atoms with E-state index in [1.54, 1.807) is 19.1 Å². The predicted octanol–water partition coefficient (Wildman–Crippen LogP) is 2.72. The van der Waals surface area contributed by atoms with Crippen LogP contribution in [0.2, 0.25) is 0 Å². The highest BCUT2D eigenvalue weighted by Crippen LogP contribution is 2.25. The number of carbonyl (C=O) groups excluding carboxylic acids is 1. The number of anilines is 1. The van der Waals surface area contributed by atoms with Crippen molar-refractivity contribution in [2.45, 2.75) is 39.2 Å². The summed E-state index contributed by atoms with van der Waals surface area (Å²) in [4.78, 5) is 24.8. The Hall–Kier alpha value is -1.95. The van der Waals surface area contributed by atoms with Crippen molar-refractivity contribution in [1.29, 1.82) is 0 Å². The van der Waals surface area contributed by atoms with Gasteiger partial charge in [0.05, 0.1) is 11.5 Å². The van der Waals surface area contributed by atoms with Crippen LogP contribution in [0.15, 0.2) is 18.2 Å². The van der Waals surface area contributed by atoms with E-state index < -0.39 is 4.92 Å². The van der Waals surface area contributed by atoms with Crippen molar-refractivity contribution in [2.75, 3.05) is 18.4 Å². The molecule has 0 aromatic heterocycles. The molecule has 0 bridgehead atoms. The van der Waals surface area contributed by atoms with Gasteiger partial charge in [0.25, 0.3) is 5.69 Å². The van der Waals surface area contributed by atoms with Gasteiger partial charge in [0.2, 0.25) is 5.91 Å². The number of nitro groups is 1. The molecule has 114 valence electrons. The van der Waals surface area contributed by atoms with E-state index in [4.69, 9.17) is 0 Å². The van der Waals surface area contributed by atoms with E-state index in [1.807, 2.05) is 0 Å². The largest absolute Gasteiger partial charge is 0.319 e. The number of hydrogen-bond donors (Lipinski definition) is 1. The topological polar surface area (TPSA) is 75.5 Å². The summed E-state index contributed by atoms with van der Waals surface area (Å²) >= 11 is 0. The van der Waals surface area contributed by atoms with Crippen molar-refractivity contribution < 1.29 is 9.72 Å². The molecule has 21 heavy (non-hydrogen) atoms. The second kappa shape index (κ2) is 6.67. The Morgan fingerprint density at radius 2 is 2.24 bits per heavy atom. The summed E-state index contributed by atoms with van der Waals surface area (Å²) in [5.74, 6) is -0.198. The van der Waals surface area contributed by atoms with E-state index >= 15 is 0 Å². The lowest BCUT2D eigenvalue weighted by Crippen LogP contribution is -2.42. The van der Waals surface area contributed by atoms with Gasteiger partial charge in [0.1, 0.15) is 5.69 Å². The molecule has 1 aliphatic rings. The number of hydrogen-bond acceptors (Lipinski definition) is 4. The first-order chi connectivity index (χ1) is 9.97. The fraction of sp³-hybridized carbons (Fsp3) is 0.533. The number of nitro benzene ring substituents is 1. The van der Waals surface area contributed by atoms with Gasteiger partial charge < -0.3 is 5.32 Å². The molecule has 1 aliphatic heterocycles. The molecular weight excluding hydrogens is 270 g/mol. The van der Waals surface area contributed by atoms with Crippen molar-refractivity contribution in [3.63, 3.8) is 0 Å². The lowest BCUT2D eigenvalue weighted by molar-refractivity contribution is -0.384. The van der Waals surface area contributed by atoms with Crippen LogP contribution in [0, 0.1) is 17.0 Å². The van der Waals surface area contributed by atoms with Gasteiger partial charge in [-0.1, -0.05) is 12.5 Å². The second-order valence-corrected chi connectivity index (χ2v) is 5.64. The highest BCUT2D eigenvalue weighted by atomic mass is 16.6. The minimum Gasteiger partial charge on any atom is -0.319 e. The molecule has 1 amide bonds. The SMILES string of the molecule is Cc1ccc(NC(=O)CN2CCCCC2C)c([N+](=O)[O-])c1. The van der Waals surface area contributed by atoms with Gasteiger partial charge in [-0.25, -0.2) is 0 Å². The minimum absolute atomic E-state index is 0.0601. The number of likely N-dealkylation sites (tertiary alicyclic amines) is 1. The molecule has 1 aromatic rings. The van der Waals surface area contributed by atoms with Crippen LogP contribution in [0.25, 0.3) is 0 Å². The number of nitrogens with zero attached hydrogens (tertiary/aromatic N) is 2. The van der Waals surface area contributed by atoms with Crippen LogP contribution in [-0.2, 0) is 4.79 Å². The summed E-state index contributed by atoms with van der Waals surface area (Å²) in [5, 5.41) is 13.7. The summed E-state index contributed by atoms with van der Waals surface area (Å²) in [6, 6.07) is 5.20. The monoisotopic (exact) mass is 291 g/mol. The maximum atomic E-state index is 12.1. The molecule has 1 aromatic carbocycles. The molecule has 1 N–H and O–H groups in total. The molecule has 0 aliphatic carbocycles. The first-order valence-electron chi connectivity index (χ1n) is 7.26. The normalized spacial score (nSPS) is 19.2. The number of rotatable bonds is 4. The zero-order chi connectivity index (χ0) is 15.4. The Morgan fingerprint density at radius 3 is 2.90 bits per heavy atom. The molecule has 0 saturated carbocycles. The lowest BCUT2D eigenvalue weighted by Gasteiger charge is -2.32. The van der Waals surface area contributed by atoms with E-state index in [2.05, 4.69) is 17.1 Å². The van der Waals surface area contributed by atoms with Crippen molar-refractivity contribution in [3.05, 3.63) is 33.9 Å². The third kappa shape index (κ3) is 4.01. The van der Waals surface area contributed by atoms with E-state index in [-0.39, 0.29) is 23.8 Å². The van der Waals surface area contributed by atoms with Gasteiger partial charge in [-0.05, 0) is 44.9 Å². The zero-order valence-electron chi connectivity index (χ0n) is 12.5. The average molecular weight is 291 g/mol. The first-order valence-corrected chi connectivity index (χ1v) is 7.26. The number of amides is 1. The molecule has 1 saturated heterocycles. The Labute approximate surface area is 124 Å². The maximum Gasteiger partial charge on any atom is 0.293 e.